The lowest BCUT2D eigenvalue weighted by atomic mass is 10.2. The minimum Gasteiger partial charge on any atom is -0.341 e. The normalized spacial score (nSPS) is 10.3. The Bertz CT molecular complexity index is 481. The van der Waals surface area contributed by atoms with Gasteiger partial charge in [0, 0.05) is 13.6 Å². The highest BCUT2D eigenvalue weighted by Gasteiger charge is 2.23. The average molecular weight is 287 g/mol. The zero-order valence-corrected chi connectivity index (χ0v) is 11.5. The number of nitrogens with zero attached hydrogens (tertiary/aromatic N) is 3. The first-order chi connectivity index (χ1) is 8.97. The quantitative estimate of drug-likeness (QED) is 0.369. The summed E-state index contributed by atoms with van der Waals surface area (Å²) in [6, 6.07) is 1.22. The number of rotatable bonds is 6. The van der Waals surface area contributed by atoms with Crippen molar-refractivity contribution >= 4 is 23.2 Å². The van der Waals surface area contributed by atoms with Gasteiger partial charge >= 0.3 is 0 Å². The van der Waals surface area contributed by atoms with Crippen LogP contribution in [0.25, 0.3) is 0 Å². The third kappa shape index (κ3) is 4.15. The first-order valence-corrected chi connectivity index (χ1v) is 6.05. The molecule has 0 saturated carbocycles. The van der Waals surface area contributed by atoms with Crippen LogP contribution in [0, 0.1) is 10.1 Å². The van der Waals surface area contributed by atoms with Gasteiger partial charge in [0.2, 0.25) is 0 Å². The summed E-state index contributed by atoms with van der Waals surface area (Å²) in [6.07, 6.45) is 1.75. The molecule has 0 bridgehead atoms. The van der Waals surface area contributed by atoms with Gasteiger partial charge in [-0.05, 0) is 26.1 Å². The van der Waals surface area contributed by atoms with Crippen molar-refractivity contribution in [2.45, 2.75) is 6.42 Å². The molecule has 0 aliphatic carbocycles. The molecule has 1 heterocycles. The minimum atomic E-state index is -0.641. The molecule has 1 rings (SSSR count). The summed E-state index contributed by atoms with van der Waals surface area (Å²) in [5, 5.41) is 13.9. The van der Waals surface area contributed by atoms with E-state index in [-0.39, 0.29) is 16.4 Å². The summed E-state index contributed by atoms with van der Waals surface area (Å²) < 4.78 is 0. The second-order valence-corrected chi connectivity index (χ2v) is 4.35. The number of hydrogen-bond donors (Lipinski definition) is 1. The monoisotopic (exact) mass is 286 g/mol. The van der Waals surface area contributed by atoms with Crippen LogP contribution in [0.15, 0.2) is 12.3 Å². The molecule has 7 nitrogen and oxygen atoms in total. The molecular weight excluding hydrogens is 272 g/mol. The van der Waals surface area contributed by atoms with E-state index in [1.54, 1.807) is 7.05 Å². The first kappa shape index (κ1) is 15.3. The number of nitro groups is 1. The van der Waals surface area contributed by atoms with E-state index in [0.717, 1.165) is 19.2 Å². The van der Waals surface area contributed by atoms with Crippen LogP contribution in [-0.4, -0.2) is 47.9 Å². The fraction of sp³-hybridized carbons (Fsp3) is 0.455. The van der Waals surface area contributed by atoms with E-state index >= 15 is 0 Å². The van der Waals surface area contributed by atoms with E-state index in [4.69, 9.17) is 11.6 Å². The largest absolute Gasteiger partial charge is 0.341 e. The van der Waals surface area contributed by atoms with Gasteiger partial charge < -0.3 is 10.2 Å². The molecule has 0 saturated heterocycles. The fourth-order valence-corrected chi connectivity index (χ4v) is 1.70. The Labute approximate surface area is 115 Å². The first-order valence-electron chi connectivity index (χ1n) is 5.67. The van der Waals surface area contributed by atoms with Crippen LogP contribution in [-0.2, 0) is 0 Å². The molecule has 1 amide bonds. The van der Waals surface area contributed by atoms with Crippen molar-refractivity contribution in [2.75, 3.05) is 27.2 Å². The second kappa shape index (κ2) is 7.01. The molecule has 19 heavy (non-hydrogen) atoms. The molecule has 0 aliphatic heterocycles. The van der Waals surface area contributed by atoms with Crippen molar-refractivity contribution in [1.29, 1.82) is 0 Å². The topological polar surface area (TPSA) is 88.4 Å². The maximum atomic E-state index is 12.1. The standard InChI is InChI=1S/C11H15ClN4O3/c1-13-4-3-5-15(2)11(17)8-6-10(12)14-7-9(8)16(18)19/h6-7,13H,3-5H2,1-2H3. The molecule has 1 N–H and O–H groups in total. The highest BCUT2D eigenvalue weighted by atomic mass is 35.5. The van der Waals surface area contributed by atoms with Crippen LogP contribution in [0.4, 0.5) is 5.69 Å². The highest BCUT2D eigenvalue weighted by molar-refractivity contribution is 6.29. The summed E-state index contributed by atoms with van der Waals surface area (Å²) in [5.74, 6) is -0.438. The van der Waals surface area contributed by atoms with E-state index in [1.807, 2.05) is 7.05 Å². The van der Waals surface area contributed by atoms with Crippen molar-refractivity contribution in [2.24, 2.45) is 0 Å². The van der Waals surface area contributed by atoms with Gasteiger partial charge in [-0.15, -0.1) is 0 Å². The average Bonchev–Trinajstić information content (AvgIpc) is 2.37. The van der Waals surface area contributed by atoms with Gasteiger partial charge in [0.05, 0.1) is 4.92 Å². The Morgan fingerprint density at radius 3 is 2.89 bits per heavy atom. The summed E-state index contributed by atoms with van der Waals surface area (Å²) >= 11 is 5.68. The van der Waals surface area contributed by atoms with Crippen molar-refractivity contribution < 1.29 is 9.72 Å². The molecule has 8 heteroatoms. The van der Waals surface area contributed by atoms with Gasteiger partial charge in [-0.2, -0.15) is 0 Å². The molecule has 0 fully saturated rings. The molecule has 0 aromatic carbocycles. The number of carbonyl (C=O) groups excluding carboxylic acids is 1. The molecule has 104 valence electrons. The SMILES string of the molecule is CNCCCN(C)C(=O)c1cc(Cl)ncc1[N+](=O)[O-]. The lowest BCUT2D eigenvalue weighted by Gasteiger charge is -2.17. The number of pyridine rings is 1. The molecule has 1 aromatic heterocycles. The van der Waals surface area contributed by atoms with Crippen LogP contribution in [0.2, 0.25) is 5.15 Å². The van der Waals surface area contributed by atoms with E-state index in [1.165, 1.54) is 11.0 Å². The van der Waals surface area contributed by atoms with Crippen LogP contribution in [0.1, 0.15) is 16.8 Å². The van der Waals surface area contributed by atoms with Crippen LogP contribution in [0.3, 0.4) is 0 Å². The minimum absolute atomic E-state index is 0.0445. The molecule has 0 unspecified atom stereocenters. The van der Waals surface area contributed by atoms with Gasteiger partial charge in [0.25, 0.3) is 11.6 Å². The summed E-state index contributed by atoms with van der Waals surface area (Å²) in [7, 11) is 3.41. The number of aromatic nitrogens is 1. The number of amides is 1. The van der Waals surface area contributed by atoms with Gasteiger partial charge in [-0.1, -0.05) is 11.6 Å². The van der Waals surface area contributed by atoms with Crippen LogP contribution >= 0.6 is 11.6 Å². The lowest BCUT2D eigenvalue weighted by molar-refractivity contribution is -0.385. The molecule has 1 aromatic rings. The van der Waals surface area contributed by atoms with Gasteiger partial charge in [0.15, 0.2) is 0 Å². The van der Waals surface area contributed by atoms with E-state index in [2.05, 4.69) is 10.3 Å². The number of halogens is 1. The predicted octanol–water partition coefficient (Wildman–Crippen LogP) is 1.32. The zero-order chi connectivity index (χ0) is 14.4. The fourth-order valence-electron chi connectivity index (χ4n) is 1.54. The maximum Gasteiger partial charge on any atom is 0.300 e. The lowest BCUT2D eigenvalue weighted by Crippen LogP contribution is -2.30. The number of nitrogens with one attached hydrogen (secondary N) is 1. The van der Waals surface area contributed by atoms with Crippen LogP contribution < -0.4 is 5.32 Å². The van der Waals surface area contributed by atoms with E-state index in [9.17, 15) is 14.9 Å². The number of hydrogen-bond acceptors (Lipinski definition) is 5. The molecular formula is C11H15ClN4O3. The van der Waals surface area contributed by atoms with Crippen LogP contribution in [0.5, 0.6) is 0 Å². The zero-order valence-electron chi connectivity index (χ0n) is 10.7. The molecule has 0 atom stereocenters. The van der Waals surface area contributed by atoms with Gasteiger partial charge in [-0.25, -0.2) is 4.98 Å². The summed E-state index contributed by atoms with van der Waals surface area (Å²) in [4.78, 5) is 27.4. The van der Waals surface area contributed by atoms with E-state index in [0.29, 0.717) is 6.54 Å². The summed E-state index contributed by atoms with van der Waals surface area (Å²) in [6.45, 7) is 1.26. The maximum absolute atomic E-state index is 12.1. The Hall–Kier alpha value is -1.73. The Morgan fingerprint density at radius 2 is 2.32 bits per heavy atom. The smallest absolute Gasteiger partial charge is 0.300 e. The highest BCUT2D eigenvalue weighted by Crippen LogP contribution is 2.21. The Kier molecular flexibility index (Phi) is 5.65. The molecule has 0 aliphatic rings. The van der Waals surface area contributed by atoms with Crippen molar-refractivity contribution in [1.82, 2.24) is 15.2 Å². The van der Waals surface area contributed by atoms with Crippen molar-refractivity contribution in [3.8, 4) is 0 Å². The second-order valence-electron chi connectivity index (χ2n) is 3.97. The summed E-state index contributed by atoms with van der Waals surface area (Å²) in [5.41, 5.74) is -0.383. The van der Waals surface area contributed by atoms with Crippen molar-refractivity contribution in [3.63, 3.8) is 0 Å². The molecule has 0 radical (unpaired) electrons. The van der Waals surface area contributed by atoms with Crippen molar-refractivity contribution in [3.05, 3.63) is 33.1 Å². The predicted molar refractivity (Wildman–Crippen MR) is 71.4 cm³/mol. The Balaban J connectivity index is 2.91. The number of carbonyl (C=O) groups is 1. The van der Waals surface area contributed by atoms with Gasteiger partial charge in [-0.3, -0.25) is 14.9 Å². The van der Waals surface area contributed by atoms with E-state index < -0.39 is 10.8 Å². The third-order valence-corrected chi connectivity index (χ3v) is 2.75. The van der Waals surface area contributed by atoms with Gasteiger partial charge in [0.1, 0.15) is 16.9 Å². The molecule has 0 spiro atoms. The Morgan fingerprint density at radius 1 is 1.63 bits per heavy atom. The third-order valence-electron chi connectivity index (χ3n) is 2.54.